The normalized spacial score (nSPS) is 25.2. The first-order valence-electron chi connectivity index (χ1n) is 7.70. The lowest BCUT2D eigenvalue weighted by Gasteiger charge is -2.34. The highest BCUT2D eigenvalue weighted by Gasteiger charge is 2.24. The molecular weight excluding hydrogens is 254 g/mol. The molecule has 0 amide bonds. The summed E-state index contributed by atoms with van der Waals surface area (Å²) < 4.78 is 0. The van der Waals surface area contributed by atoms with Crippen LogP contribution in [0.2, 0.25) is 5.02 Å². The molecular formula is C17H26ClN. The van der Waals surface area contributed by atoms with Crippen LogP contribution in [0.5, 0.6) is 0 Å². The zero-order valence-electron chi connectivity index (χ0n) is 12.2. The van der Waals surface area contributed by atoms with E-state index in [2.05, 4.69) is 31.3 Å². The van der Waals surface area contributed by atoms with E-state index in [0.717, 1.165) is 17.4 Å². The van der Waals surface area contributed by atoms with E-state index >= 15 is 0 Å². The van der Waals surface area contributed by atoms with Crippen molar-refractivity contribution in [1.82, 2.24) is 5.32 Å². The van der Waals surface area contributed by atoms with Crippen molar-refractivity contribution < 1.29 is 0 Å². The second-order valence-electron chi connectivity index (χ2n) is 5.92. The molecule has 1 N–H and O–H groups in total. The molecule has 1 fully saturated rings. The Bertz CT molecular complexity index is 391. The van der Waals surface area contributed by atoms with Gasteiger partial charge in [0, 0.05) is 17.1 Å². The van der Waals surface area contributed by atoms with Crippen molar-refractivity contribution in [2.75, 3.05) is 0 Å². The van der Waals surface area contributed by atoms with E-state index in [9.17, 15) is 0 Å². The molecule has 1 aromatic rings. The van der Waals surface area contributed by atoms with Crippen LogP contribution in [0.25, 0.3) is 0 Å². The molecule has 0 bridgehead atoms. The van der Waals surface area contributed by atoms with Crippen molar-refractivity contribution in [3.63, 3.8) is 0 Å². The molecule has 0 aliphatic heterocycles. The molecule has 1 aliphatic carbocycles. The molecule has 0 spiro atoms. The smallest absolute Gasteiger partial charge is 0.0438 e. The van der Waals surface area contributed by atoms with Crippen LogP contribution in [0.4, 0.5) is 0 Å². The number of nitrogens with one attached hydrogen (secondary N) is 1. The largest absolute Gasteiger partial charge is 0.311 e. The van der Waals surface area contributed by atoms with Crippen LogP contribution < -0.4 is 5.32 Å². The van der Waals surface area contributed by atoms with Crippen molar-refractivity contribution in [1.29, 1.82) is 0 Å². The third kappa shape index (κ3) is 4.22. The minimum atomic E-state index is 0.497. The fraction of sp³-hybridized carbons (Fsp3) is 0.647. The lowest BCUT2D eigenvalue weighted by atomic mass is 9.82. The molecule has 2 rings (SSSR count). The van der Waals surface area contributed by atoms with Gasteiger partial charge in [0.25, 0.3) is 0 Å². The van der Waals surface area contributed by atoms with Crippen molar-refractivity contribution in [3.8, 4) is 0 Å². The average Bonchev–Trinajstić information content (AvgIpc) is 2.42. The second-order valence-corrected chi connectivity index (χ2v) is 6.33. The first-order valence-corrected chi connectivity index (χ1v) is 8.08. The Morgan fingerprint density at radius 3 is 2.74 bits per heavy atom. The zero-order chi connectivity index (χ0) is 13.7. The summed E-state index contributed by atoms with van der Waals surface area (Å²) in [7, 11) is 0. The van der Waals surface area contributed by atoms with Gasteiger partial charge in [0.15, 0.2) is 0 Å². The molecule has 0 heterocycles. The second kappa shape index (κ2) is 7.31. The van der Waals surface area contributed by atoms with Gasteiger partial charge in [-0.1, -0.05) is 56.0 Å². The molecule has 3 atom stereocenters. The van der Waals surface area contributed by atoms with Gasteiger partial charge >= 0.3 is 0 Å². The van der Waals surface area contributed by atoms with Crippen LogP contribution in [0.1, 0.15) is 51.5 Å². The molecule has 19 heavy (non-hydrogen) atoms. The first kappa shape index (κ1) is 14.9. The topological polar surface area (TPSA) is 12.0 Å². The van der Waals surface area contributed by atoms with Crippen molar-refractivity contribution in [3.05, 3.63) is 34.9 Å². The number of hydrogen-bond acceptors (Lipinski definition) is 1. The highest BCUT2D eigenvalue weighted by molar-refractivity contribution is 6.31. The fourth-order valence-corrected chi connectivity index (χ4v) is 3.55. The molecule has 0 radical (unpaired) electrons. The maximum Gasteiger partial charge on any atom is 0.0438 e. The van der Waals surface area contributed by atoms with Crippen LogP contribution in [0.3, 0.4) is 0 Å². The van der Waals surface area contributed by atoms with E-state index in [4.69, 9.17) is 11.6 Å². The number of hydrogen-bond donors (Lipinski definition) is 1. The highest BCUT2D eigenvalue weighted by Crippen LogP contribution is 2.27. The van der Waals surface area contributed by atoms with Crippen LogP contribution >= 0.6 is 11.6 Å². The van der Waals surface area contributed by atoms with Gasteiger partial charge in [-0.25, -0.2) is 0 Å². The minimum Gasteiger partial charge on any atom is -0.311 e. The molecule has 106 valence electrons. The van der Waals surface area contributed by atoms with Gasteiger partial charge in [-0.2, -0.15) is 0 Å². The molecule has 1 nitrogen and oxygen atoms in total. The van der Waals surface area contributed by atoms with Crippen molar-refractivity contribution >= 4 is 11.6 Å². The maximum atomic E-state index is 6.24. The highest BCUT2D eigenvalue weighted by atomic mass is 35.5. The van der Waals surface area contributed by atoms with E-state index in [1.165, 1.54) is 37.7 Å². The summed E-state index contributed by atoms with van der Waals surface area (Å²) in [6, 6.07) is 9.40. The minimum absolute atomic E-state index is 0.497. The predicted molar refractivity (Wildman–Crippen MR) is 83.8 cm³/mol. The van der Waals surface area contributed by atoms with Gasteiger partial charge in [0.05, 0.1) is 0 Å². The summed E-state index contributed by atoms with van der Waals surface area (Å²) in [4.78, 5) is 0. The summed E-state index contributed by atoms with van der Waals surface area (Å²) in [6.45, 7) is 4.61. The number of halogens is 1. The quantitative estimate of drug-likeness (QED) is 0.814. The van der Waals surface area contributed by atoms with Gasteiger partial charge in [0.2, 0.25) is 0 Å². The Hall–Kier alpha value is -0.530. The third-order valence-electron chi connectivity index (χ3n) is 4.42. The van der Waals surface area contributed by atoms with E-state index in [0.29, 0.717) is 12.1 Å². The predicted octanol–water partition coefficient (Wildman–Crippen LogP) is 4.83. The Labute approximate surface area is 122 Å². The average molecular weight is 280 g/mol. The number of benzene rings is 1. The molecule has 1 aliphatic rings. The van der Waals surface area contributed by atoms with Crippen LogP contribution in [-0.2, 0) is 6.42 Å². The van der Waals surface area contributed by atoms with Crippen LogP contribution in [-0.4, -0.2) is 12.1 Å². The molecule has 0 aromatic heterocycles. The van der Waals surface area contributed by atoms with Crippen LogP contribution in [0.15, 0.2) is 24.3 Å². The fourth-order valence-electron chi connectivity index (χ4n) is 3.33. The molecule has 1 saturated carbocycles. The number of rotatable bonds is 5. The Balaban J connectivity index is 1.90. The Morgan fingerprint density at radius 1 is 1.26 bits per heavy atom. The lowest BCUT2D eigenvalue weighted by Crippen LogP contribution is -2.43. The molecule has 3 unspecified atom stereocenters. The van der Waals surface area contributed by atoms with Gasteiger partial charge in [-0.3, -0.25) is 0 Å². The SMILES string of the molecule is CCC1CCCCC1NC(C)Cc1ccccc1Cl. The first-order chi connectivity index (χ1) is 9.20. The summed E-state index contributed by atoms with van der Waals surface area (Å²) in [5.41, 5.74) is 1.26. The summed E-state index contributed by atoms with van der Waals surface area (Å²) >= 11 is 6.24. The maximum absolute atomic E-state index is 6.24. The van der Waals surface area contributed by atoms with Crippen molar-refractivity contribution in [2.24, 2.45) is 5.92 Å². The van der Waals surface area contributed by atoms with E-state index in [-0.39, 0.29) is 0 Å². The van der Waals surface area contributed by atoms with Gasteiger partial charge in [-0.15, -0.1) is 0 Å². The monoisotopic (exact) mass is 279 g/mol. The van der Waals surface area contributed by atoms with Gasteiger partial charge in [0.1, 0.15) is 0 Å². The summed E-state index contributed by atoms with van der Waals surface area (Å²) in [5, 5.41) is 4.73. The van der Waals surface area contributed by atoms with Gasteiger partial charge in [-0.05, 0) is 43.7 Å². The molecule has 1 aromatic carbocycles. The Morgan fingerprint density at radius 2 is 2.00 bits per heavy atom. The van der Waals surface area contributed by atoms with Gasteiger partial charge < -0.3 is 5.32 Å². The van der Waals surface area contributed by atoms with E-state index in [1.54, 1.807) is 0 Å². The standard InChI is InChI=1S/C17H26ClN/c1-3-14-8-5-7-11-17(14)19-13(2)12-15-9-4-6-10-16(15)18/h4,6,9-10,13-14,17,19H,3,5,7-8,11-12H2,1-2H3. The van der Waals surface area contributed by atoms with Crippen LogP contribution in [0, 0.1) is 5.92 Å². The third-order valence-corrected chi connectivity index (χ3v) is 4.78. The van der Waals surface area contributed by atoms with Crippen molar-refractivity contribution in [2.45, 2.75) is 64.5 Å². The zero-order valence-corrected chi connectivity index (χ0v) is 12.9. The Kier molecular flexibility index (Phi) is 5.72. The van der Waals surface area contributed by atoms with E-state index in [1.807, 2.05) is 12.1 Å². The summed E-state index contributed by atoms with van der Waals surface area (Å²) in [6.07, 6.45) is 7.85. The molecule has 2 heteroatoms. The lowest BCUT2D eigenvalue weighted by molar-refractivity contribution is 0.239. The summed E-state index contributed by atoms with van der Waals surface area (Å²) in [5.74, 6) is 0.863. The van der Waals surface area contributed by atoms with E-state index < -0.39 is 0 Å². The molecule has 0 saturated heterocycles.